The molecule has 0 spiro atoms. The number of benzene rings is 1. The molecule has 1 aromatic rings. The number of halogens is 1. The summed E-state index contributed by atoms with van der Waals surface area (Å²) in [6, 6.07) is 5.60. The molecule has 4 nitrogen and oxygen atoms in total. The maximum atomic E-state index is 13.7. The van der Waals surface area contributed by atoms with Crippen molar-refractivity contribution in [2.45, 2.75) is 39.4 Å². The molecule has 118 valence electrons. The van der Waals surface area contributed by atoms with Gasteiger partial charge in [-0.05, 0) is 45.1 Å². The van der Waals surface area contributed by atoms with Gasteiger partial charge in [0.2, 0.25) is 0 Å². The van der Waals surface area contributed by atoms with Crippen LogP contribution in [0.3, 0.4) is 0 Å². The third-order valence-electron chi connectivity index (χ3n) is 3.28. The first-order valence-corrected chi connectivity index (χ1v) is 7.35. The molecule has 1 unspecified atom stereocenters. The third-order valence-corrected chi connectivity index (χ3v) is 3.28. The van der Waals surface area contributed by atoms with E-state index in [1.165, 1.54) is 6.07 Å². The molecule has 21 heavy (non-hydrogen) atoms. The Morgan fingerprint density at radius 3 is 2.67 bits per heavy atom. The number of aliphatic imine (C=N–C) groups is 1. The minimum atomic E-state index is -0.158. The lowest BCUT2D eigenvalue weighted by molar-refractivity contribution is 0.392. The average Bonchev–Trinajstić information content (AvgIpc) is 2.45. The zero-order valence-corrected chi connectivity index (χ0v) is 13.7. The SMILES string of the molecule is CCC(C)NC(=NC)NCc1ccc(F)c(CN(C)C)c1. The van der Waals surface area contributed by atoms with Crippen molar-refractivity contribution in [1.29, 1.82) is 0 Å². The highest BCUT2D eigenvalue weighted by Crippen LogP contribution is 2.12. The van der Waals surface area contributed by atoms with Gasteiger partial charge in [0.15, 0.2) is 5.96 Å². The van der Waals surface area contributed by atoms with Crippen LogP contribution in [0, 0.1) is 5.82 Å². The Bertz CT molecular complexity index is 471. The second-order valence-electron chi connectivity index (χ2n) is 5.54. The molecule has 0 fully saturated rings. The van der Waals surface area contributed by atoms with Gasteiger partial charge in [-0.15, -0.1) is 0 Å². The molecule has 1 rings (SSSR count). The van der Waals surface area contributed by atoms with Crippen molar-refractivity contribution in [3.8, 4) is 0 Å². The minimum absolute atomic E-state index is 0.158. The van der Waals surface area contributed by atoms with E-state index in [9.17, 15) is 4.39 Å². The van der Waals surface area contributed by atoms with E-state index in [2.05, 4.69) is 29.5 Å². The van der Waals surface area contributed by atoms with Crippen molar-refractivity contribution in [2.75, 3.05) is 21.1 Å². The summed E-state index contributed by atoms with van der Waals surface area (Å²) in [7, 11) is 5.62. The molecular weight excluding hydrogens is 267 g/mol. The lowest BCUT2D eigenvalue weighted by Crippen LogP contribution is -2.41. The molecule has 0 aliphatic heterocycles. The highest BCUT2D eigenvalue weighted by molar-refractivity contribution is 5.79. The summed E-state index contributed by atoms with van der Waals surface area (Å²) in [5, 5.41) is 6.56. The average molecular weight is 294 g/mol. The topological polar surface area (TPSA) is 39.7 Å². The first-order chi connectivity index (χ1) is 9.96. The van der Waals surface area contributed by atoms with Crippen LogP contribution in [0.4, 0.5) is 4.39 Å². The van der Waals surface area contributed by atoms with Gasteiger partial charge in [-0.2, -0.15) is 0 Å². The van der Waals surface area contributed by atoms with E-state index >= 15 is 0 Å². The van der Waals surface area contributed by atoms with E-state index in [0.717, 1.165) is 17.9 Å². The molecule has 0 amide bonds. The molecule has 0 saturated carbocycles. The van der Waals surface area contributed by atoms with E-state index < -0.39 is 0 Å². The Morgan fingerprint density at radius 1 is 1.38 bits per heavy atom. The van der Waals surface area contributed by atoms with E-state index in [1.807, 2.05) is 25.1 Å². The predicted molar refractivity (Wildman–Crippen MR) is 86.9 cm³/mol. The third kappa shape index (κ3) is 6.12. The van der Waals surface area contributed by atoms with Crippen LogP contribution in [0.25, 0.3) is 0 Å². The highest BCUT2D eigenvalue weighted by Gasteiger charge is 2.06. The van der Waals surface area contributed by atoms with Crippen LogP contribution < -0.4 is 10.6 Å². The highest BCUT2D eigenvalue weighted by atomic mass is 19.1. The molecule has 0 heterocycles. The number of nitrogens with zero attached hydrogens (tertiary/aromatic N) is 2. The summed E-state index contributed by atoms with van der Waals surface area (Å²) in [6.45, 7) is 5.45. The van der Waals surface area contributed by atoms with Crippen molar-refractivity contribution in [1.82, 2.24) is 15.5 Å². The fourth-order valence-electron chi connectivity index (χ4n) is 1.92. The number of rotatable bonds is 6. The fraction of sp³-hybridized carbons (Fsp3) is 0.562. The predicted octanol–water partition coefficient (Wildman–Crippen LogP) is 2.35. The second kappa shape index (κ2) is 8.62. The Labute approximate surface area is 127 Å². The lowest BCUT2D eigenvalue weighted by atomic mass is 10.1. The summed E-state index contributed by atoms with van der Waals surface area (Å²) >= 11 is 0. The smallest absolute Gasteiger partial charge is 0.191 e. The molecular formula is C16H27FN4. The normalized spacial score (nSPS) is 13.4. The summed E-state index contributed by atoms with van der Waals surface area (Å²) in [5.74, 6) is 0.609. The van der Waals surface area contributed by atoms with E-state index in [0.29, 0.717) is 24.7 Å². The van der Waals surface area contributed by atoms with Gasteiger partial charge in [-0.1, -0.05) is 13.0 Å². The molecule has 0 aromatic heterocycles. The van der Waals surface area contributed by atoms with Crippen molar-refractivity contribution in [2.24, 2.45) is 4.99 Å². The molecule has 0 radical (unpaired) electrons. The molecule has 0 saturated heterocycles. The maximum Gasteiger partial charge on any atom is 0.191 e. The van der Waals surface area contributed by atoms with E-state index in [-0.39, 0.29) is 5.82 Å². The molecule has 5 heteroatoms. The summed E-state index contributed by atoms with van der Waals surface area (Å²) < 4.78 is 13.7. The summed E-state index contributed by atoms with van der Waals surface area (Å²) in [6.07, 6.45) is 1.03. The first kappa shape index (κ1) is 17.4. The van der Waals surface area contributed by atoms with Crippen LogP contribution >= 0.6 is 0 Å². The van der Waals surface area contributed by atoms with Crippen molar-refractivity contribution in [3.05, 3.63) is 35.1 Å². The van der Waals surface area contributed by atoms with Crippen molar-refractivity contribution >= 4 is 5.96 Å². The van der Waals surface area contributed by atoms with Crippen molar-refractivity contribution < 1.29 is 4.39 Å². The van der Waals surface area contributed by atoms with Crippen LogP contribution in [0.2, 0.25) is 0 Å². The van der Waals surface area contributed by atoms with E-state index in [4.69, 9.17) is 0 Å². The Morgan fingerprint density at radius 2 is 2.10 bits per heavy atom. The molecule has 0 bridgehead atoms. The van der Waals surface area contributed by atoms with Gasteiger partial charge in [0.25, 0.3) is 0 Å². The number of hydrogen-bond donors (Lipinski definition) is 2. The van der Waals surface area contributed by atoms with Gasteiger partial charge in [0.05, 0.1) is 0 Å². The summed E-state index contributed by atoms with van der Waals surface area (Å²) in [4.78, 5) is 6.15. The lowest BCUT2D eigenvalue weighted by Gasteiger charge is -2.17. The monoisotopic (exact) mass is 294 g/mol. The molecule has 0 aliphatic carbocycles. The van der Waals surface area contributed by atoms with Gasteiger partial charge < -0.3 is 15.5 Å². The van der Waals surface area contributed by atoms with Crippen LogP contribution in [0.5, 0.6) is 0 Å². The minimum Gasteiger partial charge on any atom is -0.354 e. The van der Waals surface area contributed by atoms with Gasteiger partial charge >= 0.3 is 0 Å². The summed E-state index contributed by atoms with van der Waals surface area (Å²) in [5.41, 5.74) is 1.75. The van der Waals surface area contributed by atoms with Gasteiger partial charge in [0, 0.05) is 31.7 Å². The fourth-order valence-corrected chi connectivity index (χ4v) is 1.92. The largest absolute Gasteiger partial charge is 0.354 e. The van der Waals surface area contributed by atoms with Crippen LogP contribution in [-0.4, -0.2) is 38.0 Å². The standard InChI is InChI=1S/C16H27FN4/c1-6-12(2)20-16(18-3)19-10-13-7-8-15(17)14(9-13)11-21(4)5/h7-9,12H,6,10-11H2,1-5H3,(H2,18,19,20). The van der Waals surface area contributed by atoms with Gasteiger partial charge in [0.1, 0.15) is 5.82 Å². The number of hydrogen-bond acceptors (Lipinski definition) is 2. The molecule has 1 atom stereocenters. The zero-order chi connectivity index (χ0) is 15.8. The second-order valence-corrected chi connectivity index (χ2v) is 5.54. The Kier molecular flexibility index (Phi) is 7.15. The quantitative estimate of drug-likeness (QED) is 0.625. The molecule has 2 N–H and O–H groups in total. The Hall–Kier alpha value is -1.62. The van der Waals surface area contributed by atoms with Crippen LogP contribution in [-0.2, 0) is 13.1 Å². The number of guanidine groups is 1. The van der Waals surface area contributed by atoms with Gasteiger partial charge in [-0.3, -0.25) is 4.99 Å². The maximum absolute atomic E-state index is 13.7. The van der Waals surface area contributed by atoms with Crippen molar-refractivity contribution in [3.63, 3.8) is 0 Å². The number of nitrogens with one attached hydrogen (secondary N) is 2. The molecule has 1 aromatic carbocycles. The zero-order valence-electron chi connectivity index (χ0n) is 13.7. The molecule has 0 aliphatic rings. The van der Waals surface area contributed by atoms with Gasteiger partial charge in [-0.25, -0.2) is 4.39 Å². The Balaban J connectivity index is 2.66. The van der Waals surface area contributed by atoms with Crippen LogP contribution in [0.15, 0.2) is 23.2 Å². The first-order valence-electron chi connectivity index (χ1n) is 7.35. The van der Waals surface area contributed by atoms with E-state index in [1.54, 1.807) is 13.1 Å². The van der Waals surface area contributed by atoms with Crippen LogP contribution in [0.1, 0.15) is 31.4 Å².